The van der Waals surface area contributed by atoms with Gasteiger partial charge in [-0.05, 0) is 102 Å². The molecule has 0 bridgehead atoms. The van der Waals surface area contributed by atoms with Crippen LogP contribution < -0.4 is 5.32 Å². The van der Waals surface area contributed by atoms with Crippen molar-refractivity contribution in [3.63, 3.8) is 0 Å². The molecule has 0 spiro atoms. The van der Waals surface area contributed by atoms with Gasteiger partial charge in [0, 0.05) is 129 Å². The number of carbonyl (C=O) groups excluding carboxylic acids is 1. The van der Waals surface area contributed by atoms with Crippen LogP contribution in [0, 0.1) is 42.7 Å². The maximum Gasteiger partial charge on any atom is 0.337 e. The molecule has 0 aliphatic carbocycles. The molecule has 4 atom stereocenters. The third kappa shape index (κ3) is 12.9. The number of fused-ring (bicyclic) bond motifs is 2. The summed E-state index contributed by atoms with van der Waals surface area (Å²) in [5, 5.41) is 14.8. The molecule has 2 aliphatic rings. The van der Waals surface area contributed by atoms with Crippen LogP contribution in [0.3, 0.4) is 0 Å². The first-order valence-electron chi connectivity index (χ1n) is 20.2. The first kappa shape index (κ1) is 47.4. The van der Waals surface area contributed by atoms with Crippen molar-refractivity contribution in [2.75, 3.05) is 26.2 Å². The van der Waals surface area contributed by atoms with E-state index in [2.05, 4.69) is 52.8 Å². The van der Waals surface area contributed by atoms with Crippen LogP contribution in [0.15, 0.2) is 97.3 Å². The molecule has 317 valence electrons. The van der Waals surface area contributed by atoms with Gasteiger partial charge in [-0.1, -0.05) is 54.9 Å². The number of aromatic amines is 2. The van der Waals surface area contributed by atoms with Gasteiger partial charge in [-0.15, -0.1) is 0 Å². The zero-order valence-corrected chi connectivity index (χ0v) is 39.2. The second-order valence-corrected chi connectivity index (χ2v) is 15.8. The second kappa shape index (κ2) is 23.0. The van der Waals surface area contributed by atoms with Gasteiger partial charge in [-0.3, -0.25) is 14.6 Å². The summed E-state index contributed by atoms with van der Waals surface area (Å²) < 4.78 is 37.4. The van der Waals surface area contributed by atoms with Crippen molar-refractivity contribution < 1.29 is 54.6 Å². The smallest absolute Gasteiger partial charge is 0.337 e. The fourth-order valence-corrected chi connectivity index (χ4v) is 7.79. The second-order valence-electron chi connectivity index (χ2n) is 15.0. The standard InChI is InChI=1S/C22H23ClFN3O.C13H19FN2.C9H6ClNO2.CH4.BH2.U/c1-14-12-27(15(2)11-26(14)13-16-3-5-18(24)6-4-16)22(28)19-9-17-7-8-25-21(17)10-20(19)23;1-10-8-16(11(2)7-15-10)9-12-3-5-13(14)6-4-12;10-7-4-8-5(1-2-11-8)3-6(7)9(12)13;;;/h3-10,14-15,25H,11-13H2,1-2H3;3-6,10-11,15H,7-9H2,1-2H3;1-4,11H,(H,12,13);1H4;1H2;/t14-,15+;10-,11+;;;;/m01..../s1/i;;;;1T2;. The SMILES string of the molecule is C.C[C@@H]1CN(Cc2ccc(F)cc2)[C@@H](C)CN1.C[C@@H]1CN(Cc2ccc(F)cc2)[C@@H](C)CN1C(=O)c1cc2cc[nH]c2cc1Cl.O=C(O)c1cc2cc[nH]c2cc1Cl.[3H][B][3H].[U]. The summed E-state index contributed by atoms with van der Waals surface area (Å²) in [5.74, 6) is -1.43. The molecule has 8 rings (SSSR count). The number of aromatic nitrogens is 2. The van der Waals surface area contributed by atoms with Crippen molar-refractivity contribution in [2.24, 2.45) is 0 Å². The van der Waals surface area contributed by atoms with Crippen molar-refractivity contribution in [2.45, 2.75) is 72.4 Å². The molecule has 2 fully saturated rings. The zero-order valence-electron chi connectivity index (χ0n) is 35.5. The molecule has 0 unspecified atom stereocenters. The molecular formula is C45H54BCl2F2N6O3U. The molecule has 4 N–H and O–H groups in total. The molecule has 2 aromatic heterocycles. The van der Waals surface area contributed by atoms with Crippen LogP contribution in [0.4, 0.5) is 8.78 Å². The Morgan fingerprint density at radius 3 is 1.70 bits per heavy atom. The molecule has 4 aromatic carbocycles. The minimum atomic E-state index is -1.01. The van der Waals surface area contributed by atoms with Crippen molar-refractivity contribution >= 4 is 65.2 Å². The summed E-state index contributed by atoms with van der Waals surface area (Å²) in [6.45, 7) is 13.7. The predicted octanol–water partition coefficient (Wildman–Crippen LogP) is 8.94. The molecule has 1 amide bonds. The number of hydrogen-bond donors (Lipinski definition) is 4. The number of aromatic carboxylic acids is 1. The molecule has 1 radical (unpaired) electrons. The van der Waals surface area contributed by atoms with Crippen LogP contribution >= 0.6 is 23.2 Å². The maximum atomic E-state index is 13.2. The van der Waals surface area contributed by atoms with Gasteiger partial charge in [-0.2, -0.15) is 0 Å². The van der Waals surface area contributed by atoms with Crippen LogP contribution in [0.5, 0.6) is 0 Å². The Hall–Kier alpha value is -3.66. The number of amides is 1. The van der Waals surface area contributed by atoms with Crippen molar-refractivity contribution in [1.29, 1.82) is 2.67 Å². The molecule has 6 aromatic rings. The number of hydrogen-bond acceptors (Lipinski definition) is 5. The number of rotatable bonds is 6. The van der Waals surface area contributed by atoms with E-state index in [0.717, 1.165) is 60.1 Å². The van der Waals surface area contributed by atoms with Gasteiger partial charge in [0.1, 0.15) is 11.6 Å². The summed E-state index contributed by atoms with van der Waals surface area (Å²) in [6, 6.07) is 25.3. The van der Waals surface area contributed by atoms with Crippen LogP contribution in [0.1, 0.15) is 67.0 Å². The number of H-pyrrole nitrogens is 2. The van der Waals surface area contributed by atoms with Gasteiger partial charge >= 0.3 is 5.97 Å². The number of nitrogens with zero attached hydrogens (tertiary/aromatic N) is 3. The molecule has 2 aliphatic heterocycles. The van der Waals surface area contributed by atoms with Crippen LogP contribution in [0.2, 0.25) is 10.0 Å². The minimum Gasteiger partial charge on any atom is -0.478 e. The minimum absolute atomic E-state index is 0. The third-order valence-electron chi connectivity index (χ3n) is 10.6. The summed E-state index contributed by atoms with van der Waals surface area (Å²) in [5.41, 5.74) is 4.69. The number of halogens is 4. The fourth-order valence-electron chi connectivity index (χ4n) is 7.30. The monoisotopic (exact) mass is 1090 g/mol. The van der Waals surface area contributed by atoms with E-state index in [1.165, 1.54) is 29.8 Å². The van der Waals surface area contributed by atoms with Gasteiger partial charge < -0.3 is 25.3 Å². The Morgan fingerprint density at radius 2 is 1.20 bits per heavy atom. The van der Waals surface area contributed by atoms with Crippen molar-refractivity contribution in [1.82, 2.24) is 30.0 Å². The van der Waals surface area contributed by atoms with Crippen molar-refractivity contribution in [3.05, 3.63) is 141 Å². The van der Waals surface area contributed by atoms with E-state index in [9.17, 15) is 18.4 Å². The van der Waals surface area contributed by atoms with Gasteiger partial charge in [0.15, 0.2) is 0 Å². The number of benzene rings is 4. The van der Waals surface area contributed by atoms with Gasteiger partial charge in [0.25, 0.3) is 5.91 Å². The third-order valence-corrected chi connectivity index (χ3v) is 11.2. The number of nitrogens with one attached hydrogen (secondary N) is 3. The number of carboxylic acid groups (broad SMARTS) is 1. The Bertz CT molecular complexity index is 2340. The van der Waals surface area contributed by atoms with Gasteiger partial charge in [0.2, 0.25) is 0 Å². The number of piperazine rings is 2. The molecular weight excluding hydrogens is 1030 g/mol. The summed E-state index contributed by atoms with van der Waals surface area (Å²) in [6.07, 6.45) is 3.58. The Morgan fingerprint density at radius 1 is 0.733 bits per heavy atom. The molecule has 2 saturated heterocycles. The van der Waals surface area contributed by atoms with E-state index < -0.39 is 5.97 Å². The van der Waals surface area contributed by atoms with E-state index in [0.29, 0.717) is 37.6 Å². The van der Waals surface area contributed by atoms with E-state index in [4.69, 9.17) is 31.0 Å². The van der Waals surface area contributed by atoms with E-state index in [1.54, 1.807) is 24.4 Å². The van der Waals surface area contributed by atoms with Crippen molar-refractivity contribution in [3.8, 4) is 0 Å². The average Bonchev–Trinajstić information content (AvgIpc) is 3.88. The van der Waals surface area contributed by atoms with Gasteiger partial charge in [-0.25, -0.2) is 13.6 Å². The predicted molar refractivity (Wildman–Crippen MR) is 239 cm³/mol. The molecule has 60 heavy (non-hydrogen) atoms. The average molecular weight is 1090 g/mol. The Kier molecular flexibility index (Phi) is 18.1. The normalized spacial score (nSPS) is 19.4. The van der Waals surface area contributed by atoms with Crippen LogP contribution in [-0.2, 0) is 13.1 Å². The fraction of sp³-hybridized carbons (Fsp3) is 0.333. The maximum absolute atomic E-state index is 13.2. The zero-order chi connectivity index (χ0) is 43.5. The van der Waals surface area contributed by atoms with E-state index >= 15 is 0 Å². The summed E-state index contributed by atoms with van der Waals surface area (Å²) in [7, 11) is 0.500. The van der Waals surface area contributed by atoms with E-state index in [1.807, 2.05) is 53.6 Å². The molecule has 4 heterocycles. The quantitative estimate of drug-likeness (QED) is 0.124. The van der Waals surface area contributed by atoms with Crippen LogP contribution in [0.25, 0.3) is 21.8 Å². The summed E-state index contributed by atoms with van der Waals surface area (Å²) in [4.78, 5) is 36.7. The number of carboxylic acids is 1. The van der Waals surface area contributed by atoms with Gasteiger partial charge in [0.05, 0.1) is 29.5 Å². The largest absolute Gasteiger partial charge is 0.478 e. The molecule has 9 nitrogen and oxygen atoms in total. The first-order chi connectivity index (χ1) is 28.7. The topological polar surface area (TPSA) is 108 Å². The van der Waals surface area contributed by atoms with E-state index in [-0.39, 0.29) is 78.8 Å². The number of carbonyl (C=O) groups is 2. The Balaban J connectivity index is 0.000000256. The molecule has 15 heteroatoms. The molecule has 0 saturated carbocycles. The van der Waals surface area contributed by atoms with Crippen LogP contribution in [-0.4, -0.2) is 103 Å². The Labute approximate surface area is 389 Å². The summed E-state index contributed by atoms with van der Waals surface area (Å²) >= 11 is 12.2. The first-order valence-corrected chi connectivity index (χ1v) is 19.8.